The molecule has 0 saturated carbocycles. The fourth-order valence-corrected chi connectivity index (χ4v) is 2.55. The number of hydrogen-bond donors (Lipinski definition) is 2. The van der Waals surface area contributed by atoms with Gasteiger partial charge in [0.2, 0.25) is 0 Å². The zero-order chi connectivity index (χ0) is 15.2. The van der Waals surface area contributed by atoms with Crippen LogP contribution in [0.25, 0.3) is 5.69 Å². The lowest BCUT2D eigenvalue weighted by Gasteiger charge is -2.27. The molecular weight excluding hydrogens is 314 g/mol. The second-order valence-corrected chi connectivity index (χ2v) is 5.35. The van der Waals surface area contributed by atoms with Crippen molar-refractivity contribution < 1.29 is 4.79 Å². The largest absolute Gasteiger partial charge is 0.351 e. The molecule has 3 rings (SSSR count). The van der Waals surface area contributed by atoms with E-state index < -0.39 is 0 Å². The highest BCUT2D eigenvalue weighted by Crippen LogP contribution is 2.08. The SMILES string of the molecule is Cl.O=C(NCCN1CCNCC1)c1ccc(-n2cccn2)cc1. The number of amides is 1. The summed E-state index contributed by atoms with van der Waals surface area (Å²) < 4.78 is 1.77. The van der Waals surface area contributed by atoms with E-state index in [-0.39, 0.29) is 18.3 Å². The summed E-state index contributed by atoms with van der Waals surface area (Å²) in [4.78, 5) is 14.5. The molecule has 2 N–H and O–H groups in total. The van der Waals surface area contributed by atoms with E-state index in [0.717, 1.165) is 38.4 Å². The van der Waals surface area contributed by atoms with E-state index >= 15 is 0 Å². The Morgan fingerprint density at radius 2 is 1.96 bits per heavy atom. The van der Waals surface area contributed by atoms with Gasteiger partial charge in [0.05, 0.1) is 5.69 Å². The molecule has 1 aliphatic rings. The van der Waals surface area contributed by atoms with Crippen LogP contribution in [-0.2, 0) is 0 Å². The van der Waals surface area contributed by atoms with Gasteiger partial charge in [-0.2, -0.15) is 5.10 Å². The van der Waals surface area contributed by atoms with Crippen LogP contribution in [0.4, 0.5) is 0 Å². The van der Waals surface area contributed by atoms with Crippen LogP contribution in [0.2, 0.25) is 0 Å². The normalized spacial score (nSPS) is 15.0. The van der Waals surface area contributed by atoms with Gasteiger partial charge in [0, 0.05) is 57.2 Å². The van der Waals surface area contributed by atoms with E-state index in [0.29, 0.717) is 12.1 Å². The van der Waals surface area contributed by atoms with Gasteiger partial charge >= 0.3 is 0 Å². The van der Waals surface area contributed by atoms with E-state index in [4.69, 9.17) is 0 Å². The van der Waals surface area contributed by atoms with E-state index in [1.807, 2.05) is 36.5 Å². The lowest BCUT2D eigenvalue weighted by atomic mass is 10.2. The van der Waals surface area contributed by atoms with Gasteiger partial charge < -0.3 is 10.6 Å². The van der Waals surface area contributed by atoms with E-state index in [1.54, 1.807) is 10.9 Å². The van der Waals surface area contributed by atoms with Crippen LogP contribution in [0.1, 0.15) is 10.4 Å². The fraction of sp³-hybridized carbons (Fsp3) is 0.375. The Balaban J connectivity index is 0.00000192. The molecule has 2 aromatic rings. The molecule has 1 aliphatic heterocycles. The fourth-order valence-electron chi connectivity index (χ4n) is 2.55. The molecule has 2 heterocycles. The second kappa shape index (κ2) is 8.67. The maximum absolute atomic E-state index is 12.1. The third-order valence-corrected chi connectivity index (χ3v) is 3.82. The number of carbonyl (C=O) groups is 1. The lowest BCUT2D eigenvalue weighted by Crippen LogP contribution is -2.46. The number of nitrogens with zero attached hydrogens (tertiary/aromatic N) is 3. The van der Waals surface area contributed by atoms with Gasteiger partial charge in [-0.3, -0.25) is 9.69 Å². The molecule has 0 unspecified atom stereocenters. The third-order valence-electron chi connectivity index (χ3n) is 3.82. The molecule has 1 saturated heterocycles. The molecule has 0 spiro atoms. The highest BCUT2D eigenvalue weighted by Gasteiger charge is 2.10. The average molecular weight is 336 g/mol. The predicted octanol–water partition coefficient (Wildman–Crippen LogP) is 0.929. The first-order chi connectivity index (χ1) is 10.8. The van der Waals surface area contributed by atoms with Crippen molar-refractivity contribution in [3.8, 4) is 5.69 Å². The van der Waals surface area contributed by atoms with Crippen LogP contribution < -0.4 is 10.6 Å². The van der Waals surface area contributed by atoms with Gasteiger partial charge in [-0.15, -0.1) is 12.4 Å². The van der Waals surface area contributed by atoms with Crippen molar-refractivity contribution in [1.82, 2.24) is 25.3 Å². The number of aromatic nitrogens is 2. The number of carbonyl (C=O) groups excluding carboxylic acids is 1. The van der Waals surface area contributed by atoms with Gasteiger partial charge in [-0.1, -0.05) is 0 Å². The molecule has 0 radical (unpaired) electrons. The second-order valence-electron chi connectivity index (χ2n) is 5.35. The molecule has 1 aromatic heterocycles. The van der Waals surface area contributed by atoms with Gasteiger partial charge in [0.25, 0.3) is 5.91 Å². The quantitative estimate of drug-likeness (QED) is 0.853. The monoisotopic (exact) mass is 335 g/mol. The Labute approximate surface area is 142 Å². The summed E-state index contributed by atoms with van der Waals surface area (Å²) in [6, 6.07) is 9.33. The number of nitrogens with one attached hydrogen (secondary N) is 2. The number of hydrogen-bond acceptors (Lipinski definition) is 4. The zero-order valence-corrected chi connectivity index (χ0v) is 13.8. The van der Waals surface area contributed by atoms with Crippen LogP contribution >= 0.6 is 12.4 Å². The summed E-state index contributed by atoms with van der Waals surface area (Å²) in [5.41, 5.74) is 1.62. The molecule has 1 aromatic carbocycles. The first kappa shape index (κ1) is 17.5. The Hall–Kier alpha value is -1.89. The molecule has 1 amide bonds. The Kier molecular flexibility index (Phi) is 6.58. The molecule has 1 fully saturated rings. The van der Waals surface area contributed by atoms with E-state index in [2.05, 4.69) is 20.6 Å². The van der Waals surface area contributed by atoms with Crippen LogP contribution in [0.15, 0.2) is 42.7 Å². The van der Waals surface area contributed by atoms with Crippen LogP contribution in [0.5, 0.6) is 0 Å². The minimum Gasteiger partial charge on any atom is -0.351 e. The third kappa shape index (κ3) is 4.79. The van der Waals surface area contributed by atoms with E-state index in [9.17, 15) is 4.79 Å². The number of halogens is 1. The molecule has 6 nitrogen and oxygen atoms in total. The first-order valence-electron chi connectivity index (χ1n) is 7.64. The van der Waals surface area contributed by atoms with Gasteiger partial charge in [-0.25, -0.2) is 4.68 Å². The van der Waals surface area contributed by atoms with Crippen molar-refractivity contribution in [2.24, 2.45) is 0 Å². The summed E-state index contributed by atoms with van der Waals surface area (Å²) in [6.07, 6.45) is 3.61. The summed E-state index contributed by atoms with van der Waals surface area (Å²) in [7, 11) is 0. The maximum atomic E-state index is 12.1. The summed E-state index contributed by atoms with van der Waals surface area (Å²) in [5.74, 6) is -0.0258. The number of benzene rings is 1. The standard InChI is InChI=1S/C16H21N5O.ClH/c22-16(18-9-13-20-11-7-17-8-12-20)14-2-4-15(5-3-14)21-10-1-6-19-21;/h1-6,10,17H,7-9,11-13H2,(H,18,22);1H. The van der Waals surface area contributed by atoms with E-state index in [1.165, 1.54) is 0 Å². The topological polar surface area (TPSA) is 62.2 Å². The van der Waals surface area contributed by atoms with Crippen molar-refractivity contribution in [1.29, 1.82) is 0 Å². The predicted molar refractivity (Wildman–Crippen MR) is 92.5 cm³/mol. The van der Waals surface area contributed by atoms with Crippen molar-refractivity contribution in [3.05, 3.63) is 48.3 Å². The molecule has 0 bridgehead atoms. The van der Waals surface area contributed by atoms with Crippen molar-refractivity contribution in [2.45, 2.75) is 0 Å². The van der Waals surface area contributed by atoms with Gasteiger partial charge in [0.1, 0.15) is 0 Å². The molecule has 0 atom stereocenters. The van der Waals surface area contributed by atoms with Crippen molar-refractivity contribution in [3.63, 3.8) is 0 Å². The minimum absolute atomic E-state index is 0. The Bertz CT molecular complexity index is 593. The van der Waals surface area contributed by atoms with Crippen LogP contribution in [0, 0.1) is 0 Å². The highest BCUT2D eigenvalue weighted by molar-refractivity contribution is 5.94. The zero-order valence-electron chi connectivity index (χ0n) is 12.9. The average Bonchev–Trinajstić information content (AvgIpc) is 3.10. The highest BCUT2D eigenvalue weighted by atomic mass is 35.5. The molecule has 23 heavy (non-hydrogen) atoms. The molecule has 0 aliphatic carbocycles. The number of rotatable bonds is 5. The smallest absolute Gasteiger partial charge is 0.251 e. The summed E-state index contributed by atoms with van der Waals surface area (Å²) in [5, 5.41) is 10.5. The van der Waals surface area contributed by atoms with Gasteiger partial charge in [0.15, 0.2) is 0 Å². The summed E-state index contributed by atoms with van der Waals surface area (Å²) >= 11 is 0. The Morgan fingerprint density at radius 3 is 2.61 bits per heavy atom. The maximum Gasteiger partial charge on any atom is 0.251 e. The van der Waals surface area contributed by atoms with Crippen molar-refractivity contribution in [2.75, 3.05) is 39.3 Å². The van der Waals surface area contributed by atoms with Crippen molar-refractivity contribution >= 4 is 18.3 Å². The molecular formula is C16H22ClN5O. The molecule has 7 heteroatoms. The molecule has 124 valence electrons. The lowest BCUT2D eigenvalue weighted by molar-refractivity contribution is 0.0947. The Morgan fingerprint density at radius 1 is 1.22 bits per heavy atom. The summed E-state index contributed by atoms with van der Waals surface area (Å²) in [6.45, 7) is 5.74. The van der Waals surface area contributed by atoms with Crippen LogP contribution in [0.3, 0.4) is 0 Å². The minimum atomic E-state index is -0.0258. The van der Waals surface area contributed by atoms with Crippen LogP contribution in [-0.4, -0.2) is 59.9 Å². The van der Waals surface area contributed by atoms with Gasteiger partial charge in [-0.05, 0) is 30.3 Å². The first-order valence-corrected chi connectivity index (χ1v) is 7.64. The number of piperazine rings is 1.